The highest BCUT2D eigenvalue weighted by Crippen LogP contribution is 2.22. The quantitative estimate of drug-likeness (QED) is 0.896. The number of carbonyl (C=O) groups is 1. The number of benzene rings is 1. The van der Waals surface area contributed by atoms with E-state index in [2.05, 4.69) is 24.1 Å². The molecule has 1 saturated heterocycles. The molecular formula is C16H20ClN3O. The van der Waals surface area contributed by atoms with Gasteiger partial charge in [0.05, 0.1) is 0 Å². The van der Waals surface area contributed by atoms with E-state index in [1.165, 1.54) is 0 Å². The molecule has 1 aliphatic heterocycles. The van der Waals surface area contributed by atoms with Crippen LogP contribution in [0.25, 0.3) is 10.9 Å². The van der Waals surface area contributed by atoms with E-state index >= 15 is 0 Å². The number of H-pyrrole nitrogens is 1. The van der Waals surface area contributed by atoms with Crippen LogP contribution in [-0.2, 0) is 0 Å². The second-order valence-electron chi connectivity index (χ2n) is 5.93. The number of hydrogen-bond acceptors (Lipinski definition) is 2. The van der Waals surface area contributed by atoms with Crippen molar-refractivity contribution < 1.29 is 4.79 Å². The Labute approximate surface area is 129 Å². The molecule has 0 saturated carbocycles. The number of nitrogens with one attached hydrogen (secondary N) is 2. The number of carbonyl (C=O) groups excluding carboxylic acids is 1. The van der Waals surface area contributed by atoms with Crippen LogP contribution < -0.4 is 5.32 Å². The van der Waals surface area contributed by atoms with Crippen molar-refractivity contribution in [1.29, 1.82) is 0 Å². The Bertz CT molecular complexity index is 665. The van der Waals surface area contributed by atoms with Crippen molar-refractivity contribution in [3.8, 4) is 0 Å². The van der Waals surface area contributed by atoms with Crippen LogP contribution >= 0.6 is 11.6 Å². The molecule has 1 aliphatic rings. The van der Waals surface area contributed by atoms with E-state index < -0.39 is 0 Å². The fourth-order valence-electron chi connectivity index (χ4n) is 2.94. The Balaban J connectivity index is 1.91. The zero-order chi connectivity index (χ0) is 15.0. The van der Waals surface area contributed by atoms with Crippen LogP contribution in [0.3, 0.4) is 0 Å². The van der Waals surface area contributed by atoms with Crippen molar-refractivity contribution in [3.05, 3.63) is 35.0 Å². The SMILES string of the molecule is CC(C)C1CNCCN1C(=O)c1cc2ccc(Cl)cc2[nH]1. The van der Waals surface area contributed by atoms with E-state index in [1.54, 1.807) is 0 Å². The van der Waals surface area contributed by atoms with Crippen LogP contribution in [-0.4, -0.2) is 41.5 Å². The molecule has 1 atom stereocenters. The summed E-state index contributed by atoms with van der Waals surface area (Å²) in [5, 5.41) is 5.05. The molecule has 5 heteroatoms. The van der Waals surface area contributed by atoms with Gasteiger partial charge in [0.1, 0.15) is 5.69 Å². The Morgan fingerprint density at radius 2 is 2.19 bits per heavy atom. The second kappa shape index (κ2) is 5.70. The van der Waals surface area contributed by atoms with Gasteiger partial charge < -0.3 is 15.2 Å². The Morgan fingerprint density at radius 3 is 2.95 bits per heavy atom. The van der Waals surface area contributed by atoms with Gasteiger partial charge in [0.2, 0.25) is 0 Å². The Hall–Kier alpha value is -1.52. The number of fused-ring (bicyclic) bond motifs is 1. The molecule has 1 fully saturated rings. The third kappa shape index (κ3) is 2.78. The molecule has 3 rings (SSSR count). The van der Waals surface area contributed by atoms with Crippen LogP contribution in [0.5, 0.6) is 0 Å². The van der Waals surface area contributed by atoms with Crippen LogP contribution in [0.4, 0.5) is 0 Å². The highest BCUT2D eigenvalue weighted by molar-refractivity contribution is 6.31. The number of hydrogen-bond donors (Lipinski definition) is 2. The lowest BCUT2D eigenvalue weighted by atomic mass is 10.00. The molecule has 2 aromatic rings. The smallest absolute Gasteiger partial charge is 0.270 e. The van der Waals surface area contributed by atoms with Gasteiger partial charge in [0.15, 0.2) is 0 Å². The molecule has 1 aromatic heterocycles. The first-order chi connectivity index (χ1) is 10.1. The highest BCUT2D eigenvalue weighted by atomic mass is 35.5. The average molecular weight is 306 g/mol. The summed E-state index contributed by atoms with van der Waals surface area (Å²) < 4.78 is 0. The largest absolute Gasteiger partial charge is 0.350 e. The lowest BCUT2D eigenvalue weighted by Gasteiger charge is -2.38. The van der Waals surface area contributed by atoms with E-state index in [9.17, 15) is 4.79 Å². The number of amides is 1. The summed E-state index contributed by atoms with van der Waals surface area (Å²) in [6.45, 7) is 6.76. The topological polar surface area (TPSA) is 48.1 Å². The molecule has 21 heavy (non-hydrogen) atoms. The van der Waals surface area contributed by atoms with E-state index in [0.717, 1.165) is 30.5 Å². The molecule has 4 nitrogen and oxygen atoms in total. The molecule has 112 valence electrons. The number of halogens is 1. The number of aromatic amines is 1. The normalized spacial score (nSPS) is 19.4. The summed E-state index contributed by atoms with van der Waals surface area (Å²) >= 11 is 6.00. The lowest BCUT2D eigenvalue weighted by Crippen LogP contribution is -2.55. The number of piperazine rings is 1. The second-order valence-corrected chi connectivity index (χ2v) is 6.37. The van der Waals surface area contributed by atoms with Crippen LogP contribution in [0.2, 0.25) is 5.02 Å². The third-order valence-corrected chi connectivity index (χ3v) is 4.36. The van der Waals surface area contributed by atoms with Crippen molar-refractivity contribution in [2.75, 3.05) is 19.6 Å². The zero-order valence-corrected chi connectivity index (χ0v) is 13.1. The first-order valence-electron chi connectivity index (χ1n) is 7.36. The van der Waals surface area contributed by atoms with Gasteiger partial charge in [-0.2, -0.15) is 0 Å². The minimum Gasteiger partial charge on any atom is -0.350 e. The predicted molar refractivity (Wildman–Crippen MR) is 85.8 cm³/mol. The molecule has 0 spiro atoms. The van der Waals surface area contributed by atoms with Crippen molar-refractivity contribution in [2.24, 2.45) is 5.92 Å². The van der Waals surface area contributed by atoms with Gasteiger partial charge in [-0.1, -0.05) is 31.5 Å². The van der Waals surface area contributed by atoms with Gasteiger partial charge in [0, 0.05) is 41.6 Å². The summed E-state index contributed by atoms with van der Waals surface area (Å²) in [6.07, 6.45) is 0. The van der Waals surface area contributed by atoms with Crippen molar-refractivity contribution >= 4 is 28.4 Å². The molecule has 0 bridgehead atoms. The maximum atomic E-state index is 12.8. The first kappa shape index (κ1) is 14.4. The number of rotatable bonds is 2. The maximum Gasteiger partial charge on any atom is 0.270 e. The van der Waals surface area contributed by atoms with Gasteiger partial charge in [-0.15, -0.1) is 0 Å². The lowest BCUT2D eigenvalue weighted by molar-refractivity contribution is 0.0568. The molecule has 2 heterocycles. The predicted octanol–water partition coefficient (Wildman–Crippen LogP) is 2.89. The maximum absolute atomic E-state index is 12.8. The average Bonchev–Trinajstić information content (AvgIpc) is 2.89. The van der Waals surface area contributed by atoms with Crippen molar-refractivity contribution in [2.45, 2.75) is 19.9 Å². The number of nitrogens with zero attached hydrogens (tertiary/aromatic N) is 1. The van der Waals surface area contributed by atoms with E-state index in [4.69, 9.17) is 11.6 Å². The van der Waals surface area contributed by atoms with Gasteiger partial charge in [-0.25, -0.2) is 0 Å². The number of aromatic nitrogens is 1. The minimum atomic E-state index is 0.0718. The highest BCUT2D eigenvalue weighted by Gasteiger charge is 2.30. The first-order valence-corrected chi connectivity index (χ1v) is 7.74. The van der Waals surface area contributed by atoms with Crippen LogP contribution in [0.1, 0.15) is 24.3 Å². The molecule has 0 aliphatic carbocycles. The Kier molecular flexibility index (Phi) is 3.91. The van der Waals surface area contributed by atoms with Crippen LogP contribution in [0.15, 0.2) is 24.3 Å². The van der Waals surface area contributed by atoms with Gasteiger partial charge in [-0.05, 0) is 24.1 Å². The van der Waals surface area contributed by atoms with E-state index in [1.807, 2.05) is 29.2 Å². The molecule has 1 unspecified atom stereocenters. The summed E-state index contributed by atoms with van der Waals surface area (Å²) in [5.74, 6) is 0.503. The zero-order valence-electron chi connectivity index (χ0n) is 12.3. The summed E-state index contributed by atoms with van der Waals surface area (Å²) in [6, 6.07) is 7.77. The molecule has 1 amide bonds. The van der Waals surface area contributed by atoms with Crippen molar-refractivity contribution in [3.63, 3.8) is 0 Å². The van der Waals surface area contributed by atoms with Crippen LogP contribution in [0, 0.1) is 5.92 Å². The molecule has 2 N–H and O–H groups in total. The van der Waals surface area contributed by atoms with Gasteiger partial charge in [0.25, 0.3) is 5.91 Å². The monoisotopic (exact) mass is 305 g/mol. The van der Waals surface area contributed by atoms with Crippen molar-refractivity contribution in [1.82, 2.24) is 15.2 Å². The third-order valence-electron chi connectivity index (χ3n) is 4.13. The molecular weight excluding hydrogens is 286 g/mol. The fraction of sp³-hybridized carbons (Fsp3) is 0.438. The summed E-state index contributed by atoms with van der Waals surface area (Å²) in [7, 11) is 0. The molecule has 1 aromatic carbocycles. The van der Waals surface area contributed by atoms with Gasteiger partial charge in [-0.3, -0.25) is 4.79 Å². The fourth-order valence-corrected chi connectivity index (χ4v) is 3.11. The van der Waals surface area contributed by atoms with E-state index in [-0.39, 0.29) is 11.9 Å². The summed E-state index contributed by atoms with van der Waals surface area (Å²) in [5.41, 5.74) is 1.54. The standard InChI is InChI=1S/C16H20ClN3O/c1-10(2)15-9-18-5-6-20(15)16(21)14-7-11-3-4-12(17)8-13(11)19-14/h3-4,7-8,10,15,18-19H,5-6,9H2,1-2H3. The van der Waals surface area contributed by atoms with E-state index in [0.29, 0.717) is 16.6 Å². The Morgan fingerprint density at radius 1 is 1.38 bits per heavy atom. The molecule has 0 radical (unpaired) electrons. The minimum absolute atomic E-state index is 0.0718. The van der Waals surface area contributed by atoms with Gasteiger partial charge >= 0.3 is 0 Å². The summed E-state index contributed by atoms with van der Waals surface area (Å²) in [4.78, 5) is 18.0.